The molecule has 7 nitrogen and oxygen atoms in total. The van der Waals surface area contributed by atoms with Crippen molar-refractivity contribution in [3.8, 4) is 11.5 Å². The summed E-state index contributed by atoms with van der Waals surface area (Å²) in [5, 5.41) is 0. The molecule has 0 fully saturated rings. The summed E-state index contributed by atoms with van der Waals surface area (Å²) in [6, 6.07) is 3.87. The Morgan fingerprint density at radius 1 is 1.32 bits per heavy atom. The predicted molar refractivity (Wildman–Crippen MR) is 95.0 cm³/mol. The number of benzene rings is 1. The minimum Gasteiger partial charge on any atom is -0.400 e. The summed E-state index contributed by atoms with van der Waals surface area (Å²) in [5.74, 6) is 0.750. The van der Waals surface area contributed by atoms with Gasteiger partial charge < -0.3 is 16.4 Å². The zero-order chi connectivity index (χ0) is 17.4. The summed E-state index contributed by atoms with van der Waals surface area (Å²) in [6.45, 7) is 7.16. The maximum absolute atomic E-state index is 12.0. The monoisotopic (exact) mass is 530 g/mol. The van der Waals surface area contributed by atoms with Gasteiger partial charge in [-0.15, -0.1) is 18.1 Å². The fraction of sp³-hybridized carbons (Fsp3) is 0.312. The molecule has 1 N–H and O–H groups in total. The first-order valence-corrected chi connectivity index (χ1v) is 8.01. The maximum Gasteiger partial charge on any atom is 0.349 e. The zero-order valence-electron chi connectivity index (χ0n) is 13.9. The van der Waals surface area contributed by atoms with Crippen LogP contribution in [0.2, 0.25) is 0 Å². The average Bonchev–Trinajstić information content (AvgIpc) is 2.54. The van der Waals surface area contributed by atoms with Crippen LogP contribution >= 0.6 is 11.6 Å². The molecule has 2 heterocycles. The molecular weight excluding hydrogens is 514 g/mol. The van der Waals surface area contributed by atoms with Crippen LogP contribution in [0.25, 0.3) is 22.6 Å². The number of fused-ring (bicyclic) bond motifs is 2. The van der Waals surface area contributed by atoms with Crippen LogP contribution in [0.15, 0.2) is 21.7 Å². The van der Waals surface area contributed by atoms with Crippen molar-refractivity contribution < 1.29 is 21.1 Å². The quantitative estimate of drug-likeness (QED) is 0.313. The molecule has 0 atom stereocenters. The van der Waals surface area contributed by atoms with Crippen LogP contribution in [0.1, 0.15) is 5.56 Å². The van der Waals surface area contributed by atoms with Gasteiger partial charge in [0, 0.05) is 46.2 Å². The first-order chi connectivity index (χ1) is 11.5. The average molecular weight is 531 g/mol. The van der Waals surface area contributed by atoms with E-state index in [2.05, 4.69) is 26.8 Å². The van der Waals surface area contributed by atoms with Crippen molar-refractivity contribution in [1.29, 1.82) is 0 Å². The Hall–Kier alpha value is -1.72. The molecular formula is C16H17ClN5O2W-. The normalized spacial score (nSPS) is 10.9. The third-order valence-corrected chi connectivity index (χ3v) is 4.19. The molecule has 0 amide bonds. The predicted octanol–water partition coefficient (Wildman–Crippen LogP) is 1.31. The summed E-state index contributed by atoms with van der Waals surface area (Å²) < 4.78 is 1.71. The van der Waals surface area contributed by atoms with Gasteiger partial charge in [-0.05, 0) is 24.6 Å². The van der Waals surface area contributed by atoms with Crippen molar-refractivity contribution in [2.45, 2.75) is 6.92 Å². The topological polar surface area (TPSA) is 83.9 Å². The number of aromatic nitrogens is 4. The number of halogens is 1. The Morgan fingerprint density at radius 3 is 2.68 bits per heavy atom. The van der Waals surface area contributed by atoms with E-state index in [4.69, 9.17) is 11.6 Å². The summed E-state index contributed by atoms with van der Waals surface area (Å²) in [7, 11) is 1.76. The largest absolute Gasteiger partial charge is 0.400 e. The molecule has 132 valence electrons. The smallest absolute Gasteiger partial charge is 0.349 e. The van der Waals surface area contributed by atoms with Crippen molar-refractivity contribution in [3.05, 3.63) is 45.5 Å². The molecule has 0 bridgehead atoms. The van der Waals surface area contributed by atoms with Gasteiger partial charge in [-0.3, -0.25) is 9.78 Å². The molecule has 2 aliphatic rings. The van der Waals surface area contributed by atoms with Crippen molar-refractivity contribution in [2.24, 2.45) is 7.05 Å². The molecule has 3 rings (SSSR count). The standard InChI is InChI=1S/C16H17ClN5O2.W/c1-4-22(6-5-17)11-8-10-12(7-9(11)2)21(3)14-13(18-10)15(23)20-16(24)19-14;/h7-8H,1,4-6H2,2-3H3,(H,20,23,24);/q-1;. The fourth-order valence-corrected chi connectivity index (χ4v) is 3.03. The Bertz CT molecular complexity index is 1000. The van der Waals surface area contributed by atoms with Crippen molar-refractivity contribution in [1.82, 2.24) is 19.5 Å². The summed E-state index contributed by atoms with van der Waals surface area (Å²) in [5.41, 5.74) is 2.34. The third kappa shape index (κ3) is 3.48. The van der Waals surface area contributed by atoms with Gasteiger partial charge in [-0.2, -0.15) is 4.98 Å². The first-order valence-electron chi connectivity index (χ1n) is 7.48. The molecule has 0 unspecified atom stereocenters. The summed E-state index contributed by atoms with van der Waals surface area (Å²) in [4.78, 5) is 36.0. The molecule has 25 heavy (non-hydrogen) atoms. The molecule has 0 spiro atoms. The second-order valence-electron chi connectivity index (χ2n) is 5.52. The minimum absolute atomic E-state index is 0. The zero-order valence-corrected chi connectivity index (χ0v) is 17.6. The Balaban J connectivity index is 0.00000225. The van der Waals surface area contributed by atoms with E-state index in [1.165, 1.54) is 0 Å². The van der Waals surface area contributed by atoms with Crippen LogP contribution in [-0.4, -0.2) is 38.5 Å². The van der Waals surface area contributed by atoms with Crippen LogP contribution in [0.3, 0.4) is 0 Å². The van der Waals surface area contributed by atoms with E-state index in [0.717, 1.165) is 16.8 Å². The number of nitrogens with one attached hydrogen (secondary N) is 1. The van der Waals surface area contributed by atoms with Crippen LogP contribution in [-0.2, 0) is 28.1 Å². The maximum atomic E-state index is 12.0. The second-order valence-corrected chi connectivity index (χ2v) is 5.90. The van der Waals surface area contributed by atoms with Gasteiger partial charge >= 0.3 is 5.69 Å². The van der Waals surface area contributed by atoms with E-state index in [0.29, 0.717) is 24.5 Å². The van der Waals surface area contributed by atoms with Gasteiger partial charge in [0.15, 0.2) is 11.5 Å². The second kappa shape index (κ2) is 7.66. The van der Waals surface area contributed by atoms with Crippen LogP contribution in [0.4, 0.5) is 5.69 Å². The Labute approximate surface area is 163 Å². The number of hydrogen-bond donors (Lipinski definition) is 1. The van der Waals surface area contributed by atoms with Crippen LogP contribution < -0.4 is 16.1 Å². The van der Waals surface area contributed by atoms with E-state index in [-0.39, 0.29) is 32.6 Å². The van der Waals surface area contributed by atoms with Crippen LogP contribution in [0, 0.1) is 13.8 Å². The van der Waals surface area contributed by atoms with Crippen LogP contribution in [0.5, 0.6) is 0 Å². The van der Waals surface area contributed by atoms with Gasteiger partial charge in [-0.25, -0.2) is 9.78 Å². The minimum atomic E-state index is -0.678. The molecule has 0 aliphatic carbocycles. The molecule has 0 radical (unpaired) electrons. The molecule has 0 saturated carbocycles. The van der Waals surface area contributed by atoms with Gasteiger partial charge in [0.25, 0.3) is 5.56 Å². The van der Waals surface area contributed by atoms with E-state index >= 15 is 0 Å². The number of alkyl halides is 1. The van der Waals surface area contributed by atoms with Gasteiger partial charge in [0.1, 0.15) is 0 Å². The van der Waals surface area contributed by atoms with E-state index in [1.54, 1.807) is 11.6 Å². The van der Waals surface area contributed by atoms with Gasteiger partial charge in [0.05, 0.1) is 11.0 Å². The number of rotatable bonds is 4. The molecule has 0 saturated heterocycles. The van der Waals surface area contributed by atoms with Gasteiger partial charge in [0.2, 0.25) is 0 Å². The molecule has 1 aromatic rings. The number of anilines is 1. The molecule has 2 aliphatic heterocycles. The van der Waals surface area contributed by atoms with Crippen molar-refractivity contribution in [2.75, 3.05) is 23.9 Å². The Morgan fingerprint density at radius 2 is 2.04 bits per heavy atom. The van der Waals surface area contributed by atoms with E-state index in [9.17, 15) is 9.59 Å². The summed E-state index contributed by atoms with van der Waals surface area (Å²) >= 11 is 5.86. The Kier molecular flexibility index (Phi) is 6.01. The van der Waals surface area contributed by atoms with Crippen molar-refractivity contribution in [3.63, 3.8) is 0 Å². The van der Waals surface area contributed by atoms with E-state index in [1.807, 2.05) is 19.1 Å². The molecule has 0 aromatic heterocycles. The number of hydrogen-bond acceptors (Lipinski definition) is 5. The molecule has 9 heteroatoms. The van der Waals surface area contributed by atoms with Gasteiger partial charge in [-0.1, -0.05) is 0 Å². The summed E-state index contributed by atoms with van der Waals surface area (Å²) in [6.07, 6.45) is 0. The third-order valence-electron chi connectivity index (χ3n) is 4.02. The fourth-order valence-electron chi connectivity index (χ4n) is 2.83. The van der Waals surface area contributed by atoms with E-state index < -0.39 is 11.2 Å². The SMILES string of the molecule is [CH2-]CN(CCCl)c1cc2nc3c(=O)[nH]c(=O)nc-3n(C)c2cc1C.[W]. The molecule has 1 aromatic carbocycles. The number of aromatic amines is 1. The number of nitrogens with zero attached hydrogens (tertiary/aromatic N) is 4. The number of aryl methyl sites for hydroxylation is 2. The first kappa shape index (κ1) is 19.6. The van der Waals surface area contributed by atoms with Crippen molar-refractivity contribution >= 4 is 28.3 Å². The number of H-pyrrole nitrogens is 1.